The molecule has 0 N–H and O–H groups in total. The highest BCUT2D eigenvalue weighted by atomic mass is 32.1. The highest BCUT2D eigenvalue weighted by Gasteiger charge is 2.42. The summed E-state index contributed by atoms with van der Waals surface area (Å²) in [5.41, 5.74) is 2.71. The second-order valence-electron chi connectivity index (χ2n) is 7.38. The van der Waals surface area contributed by atoms with Crippen molar-refractivity contribution in [3.8, 4) is 0 Å². The number of hydrogen-bond donors (Lipinski definition) is 0. The summed E-state index contributed by atoms with van der Waals surface area (Å²) >= 11 is 1.49. The topological polar surface area (TPSA) is 45.7 Å². The summed E-state index contributed by atoms with van der Waals surface area (Å²) < 4.78 is 5.49. The number of nitrogens with zero attached hydrogens (tertiary/aromatic N) is 3. The van der Waals surface area contributed by atoms with E-state index in [0.29, 0.717) is 11.1 Å². The van der Waals surface area contributed by atoms with E-state index in [-0.39, 0.29) is 5.91 Å². The molecule has 0 aliphatic carbocycles. The lowest BCUT2D eigenvalue weighted by atomic mass is 9.77. The van der Waals surface area contributed by atoms with Crippen LogP contribution in [0, 0.1) is 11.3 Å². The molecule has 3 aliphatic rings. The first kappa shape index (κ1) is 15.5. The zero-order valence-corrected chi connectivity index (χ0v) is 14.4. The third-order valence-corrected chi connectivity index (χ3v) is 6.42. The number of carbonyl (C=O) groups excluding carboxylic acids is 1. The number of carbonyl (C=O) groups is 1. The van der Waals surface area contributed by atoms with Crippen LogP contribution >= 0.6 is 11.3 Å². The summed E-state index contributed by atoms with van der Waals surface area (Å²) in [7, 11) is 0. The molecule has 23 heavy (non-hydrogen) atoms. The maximum Gasteiger partial charge on any atom is 0.273 e. The summed E-state index contributed by atoms with van der Waals surface area (Å²) in [6, 6.07) is 0. The van der Waals surface area contributed by atoms with E-state index in [4.69, 9.17) is 4.74 Å². The molecule has 0 unspecified atom stereocenters. The number of likely N-dealkylation sites (tertiary alicyclic amines) is 2. The molecule has 5 nitrogen and oxygen atoms in total. The number of ether oxygens (including phenoxy) is 1. The predicted molar refractivity (Wildman–Crippen MR) is 89.7 cm³/mol. The number of piperidine rings is 1. The molecule has 0 bridgehead atoms. The Bertz CT molecular complexity index is 534. The minimum Gasteiger partial charge on any atom is -0.381 e. The minimum absolute atomic E-state index is 0.119. The second-order valence-corrected chi connectivity index (χ2v) is 8.10. The fraction of sp³-hybridized carbons (Fsp3) is 0.765. The number of thiazole rings is 1. The van der Waals surface area contributed by atoms with Crippen molar-refractivity contribution in [1.29, 1.82) is 0 Å². The molecule has 1 aromatic heterocycles. The van der Waals surface area contributed by atoms with Crippen LogP contribution in [0.15, 0.2) is 10.9 Å². The van der Waals surface area contributed by atoms with Gasteiger partial charge in [0, 0.05) is 31.6 Å². The summed E-state index contributed by atoms with van der Waals surface area (Å²) in [6.07, 6.45) is 4.82. The number of rotatable bonds is 3. The molecule has 1 atom stereocenters. The molecule has 3 fully saturated rings. The Morgan fingerprint density at radius 2 is 2.17 bits per heavy atom. The maximum atomic E-state index is 12.5. The van der Waals surface area contributed by atoms with Crippen molar-refractivity contribution in [3.05, 3.63) is 16.6 Å². The minimum atomic E-state index is 0.119. The monoisotopic (exact) mass is 335 g/mol. The van der Waals surface area contributed by atoms with Crippen LogP contribution in [0.4, 0.5) is 0 Å². The van der Waals surface area contributed by atoms with Gasteiger partial charge in [0.2, 0.25) is 0 Å². The van der Waals surface area contributed by atoms with Crippen molar-refractivity contribution in [2.45, 2.75) is 25.7 Å². The normalized spacial score (nSPS) is 27.8. The van der Waals surface area contributed by atoms with E-state index < -0.39 is 0 Å². The highest BCUT2D eigenvalue weighted by molar-refractivity contribution is 7.07. The van der Waals surface area contributed by atoms with Crippen LogP contribution in [0.1, 0.15) is 36.2 Å². The van der Waals surface area contributed by atoms with Gasteiger partial charge in [-0.1, -0.05) is 0 Å². The van der Waals surface area contributed by atoms with Gasteiger partial charge in [0.05, 0.1) is 12.1 Å². The molecule has 126 valence electrons. The molecular weight excluding hydrogens is 310 g/mol. The Labute approximate surface area is 141 Å². The molecule has 4 heterocycles. The summed E-state index contributed by atoms with van der Waals surface area (Å²) in [6.45, 7) is 7.24. The van der Waals surface area contributed by atoms with Gasteiger partial charge in [-0.2, -0.15) is 0 Å². The molecule has 1 amide bonds. The Balaban J connectivity index is 1.30. The standard InChI is InChI=1S/C17H25N3O2S/c21-16(15-11-23-13-18-15)20-7-4-17(12-20)2-5-19(6-3-17)9-14-1-8-22-10-14/h11,13-14H,1-10,12H2/t14-/m1/s1. The average molecular weight is 335 g/mol. The van der Waals surface area contributed by atoms with E-state index in [1.165, 1.54) is 50.2 Å². The van der Waals surface area contributed by atoms with E-state index in [2.05, 4.69) is 9.88 Å². The first-order valence-electron chi connectivity index (χ1n) is 8.72. The number of amides is 1. The molecule has 6 heteroatoms. The largest absolute Gasteiger partial charge is 0.381 e. The molecule has 1 aromatic rings. The predicted octanol–water partition coefficient (Wildman–Crippen LogP) is 2.11. The third-order valence-electron chi connectivity index (χ3n) is 5.83. The van der Waals surface area contributed by atoms with Crippen molar-refractivity contribution in [3.63, 3.8) is 0 Å². The van der Waals surface area contributed by atoms with Gasteiger partial charge in [-0.15, -0.1) is 11.3 Å². The zero-order valence-electron chi connectivity index (χ0n) is 13.6. The van der Waals surface area contributed by atoms with Gasteiger partial charge in [-0.3, -0.25) is 4.79 Å². The van der Waals surface area contributed by atoms with Crippen LogP contribution in [0.25, 0.3) is 0 Å². The Kier molecular flexibility index (Phi) is 4.39. The zero-order chi connectivity index (χ0) is 15.7. The fourth-order valence-corrected chi connectivity index (χ4v) is 4.82. The molecule has 3 aliphatic heterocycles. The lowest BCUT2D eigenvalue weighted by Crippen LogP contribution is -2.43. The second kappa shape index (κ2) is 6.49. The van der Waals surface area contributed by atoms with Crippen LogP contribution < -0.4 is 0 Å². The van der Waals surface area contributed by atoms with Gasteiger partial charge >= 0.3 is 0 Å². The van der Waals surface area contributed by atoms with Gasteiger partial charge < -0.3 is 14.5 Å². The molecule has 4 rings (SSSR count). The Hall–Kier alpha value is -0.980. The van der Waals surface area contributed by atoms with Gasteiger partial charge in [-0.25, -0.2) is 4.98 Å². The summed E-state index contributed by atoms with van der Waals surface area (Å²) in [4.78, 5) is 21.3. The van der Waals surface area contributed by atoms with Gasteiger partial charge in [0.25, 0.3) is 5.91 Å². The number of aromatic nitrogens is 1. The van der Waals surface area contributed by atoms with Gasteiger partial charge in [-0.05, 0) is 50.1 Å². The molecular formula is C17H25N3O2S. The van der Waals surface area contributed by atoms with E-state index in [1.54, 1.807) is 5.51 Å². The molecule has 0 aromatic carbocycles. The van der Waals surface area contributed by atoms with E-state index in [0.717, 1.165) is 38.6 Å². The van der Waals surface area contributed by atoms with E-state index in [1.807, 2.05) is 10.3 Å². The van der Waals surface area contributed by atoms with Gasteiger partial charge in [0.1, 0.15) is 5.69 Å². The van der Waals surface area contributed by atoms with Crippen molar-refractivity contribution in [2.75, 3.05) is 45.9 Å². The Morgan fingerprint density at radius 3 is 2.87 bits per heavy atom. The summed E-state index contributed by atoms with van der Waals surface area (Å²) in [5.74, 6) is 0.851. The average Bonchev–Trinajstić information content (AvgIpc) is 3.31. The van der Waals surface area contributed by atoms with Gasteiger partial charge in [0.15, 0.2) is 0 Å². The Morgan fingerprint density at radius 1 is 1.35 bits per heavy atom. The van der Waals surface area contributed by atoms with Crippen LogP contribution in [0.5, 0.6) is 0 Å². The molecule has 1 spiro atoms. The third kappa shape index (κ3) is 3.30. The smallest absolute Gasteiger partial charge is 0.273 e. The van der Waals surface area contributed by atoms with Crippen LogP contribution in [0.2, 0.25) is 0 Å². The quantitative estimate of drug-likeness (QED) is 0.849. The first-order valence-corrected chi connectivity index (χ1v) is 9.66. The van der Waals surface area contributed by atoms with E-state index >= 15 is 0 Å². The van der Waals surface area contributed by atoms with Crippen LogP contribution in [0.3, 0.4) is 0 Å². The lowest BCUT2D eigenvalue weighted by Gasteiger charge is -2.40. The first-order chi connectivity index (χ1) is 11.2. The molecule has 3 saturated heterocycles. The van der Waals surface area contributed by atoms with Crippen molar-refractivity contribution >= 4 is 17.2 Å². The van der Waals surface area contributed by atoms with Crippen LogP contribution in [-0.2, 0) is 4.74 Å². The lowest BCUT2D eigenvalue weighted by molar-refractivity contribution is 0.0693. The van der Waals surface area contributed by atoms with Crippen molar-refractivity contribution < 1.29 is 9.53 Å². The SMILES string of the molecule is O=C(c1cscn1)N1CCC2(CCN(C[C@H]3CCOC3)CC2)C1. The maximum absolute atomic E-state index is 12.5. The molecule has 0 radical (unpaired) electrons. The molecule has 0 saturated carbocycles. The van der Waals surface area contributed by atoms with Crippen molar-refractivity contribution in [2.24, 2.45) is 11.3 Å². The van der Waals surface area contributed by atoms with Crippen molar-refractivity contribution in [1.82, 2.24) is 14.8 Å². The summed E-state index contributed by atoms with van der Waals surface area (Å²) in [5, 5.41) is 1.86. The van der Waals surface area contributed by atoms with E-state index in [9.17, 15) is 4.79 Å². The highest BCUT2D eigenvalue weighted by Crippen LogP contribution is 2.41. The fourth-order valence-electron chi connectivity index (χ4n) is 4.30. The van der Waals surface area contributed by atoms with Crippen LogP contribution in [-0.4, -0.2) is 66.6 Å². The number of hydrogen-bond acceptors (Lipinski definition) is 5.